The summed E-state index contributed by atoms with van der Waals surface area (Å²) in [6, 6.07) is 9.85. The highest BCUT2D eigenvalue weighted by Gasteiger charge is 2.29. The SMILES string of the molecule is COc1cccc(CCN2CCN(CCNCC(=O)N3CCC[C@H]3C#N)C2=O)c1.O=C(O)C(=O)O. The molecule has 1 atom stereocenters. The Bertz CT molecular complexity index is 936. The molecule has 2 aliphatic heterocycles. The highest BCUT2D eigenvalue weighted by Crippen LogP contribution is 2.16. The fourth-order valence-electron chi connectivity index (χ4n) is 3.85. The number of aliphatic carboxylic acids is 2. The Morgan fingerprint density at radius 3 is 2.46 bits per heavy atom. The van der Waals surface area contributed by atoms with Crippen molar-refractivity contribution in [2.75, 3.05) is 52.9 Å². The van der Waals surface area contributed by atoms with Crippen LogP contribution in [0.2, 0.25) is 0 Å². The Kier molecular flexibility index (Phi) is 10.8. The second kappa shape index (κ2) is 13.8. The Morgan fingerprint density at radius 2 is 1.83 bits per heavy atom. The van der Waals surface area contributed by atoms with E-state index in [1.807, 2.05) is 34.1 Å². The van der Waals surface area contributed by atoms with Gasteiger partial charge in [-0.3, -0.25) is 4.79 Å². The van der Waals surface area contributed by atoms with Crippen LogP contribution in [-0.2, 0) is 20.8 Å². The number of nitriles is 1. The Labute approximate surface area is 203 Å². The molecule has 12 heteroatoms. The molecule has 3 N–H and O–H groups in total. The summed E-state index contributed by atoms with van der Waals surface area (Å²) in [4.78, 5) is 48.3. The van der Waals surface area contributed by atoms with Crippen molar-refractivity contribution in [1.29, 1.82) is 5.26 Å². The molecule has 12 nitrogen and oxygen atoms in total. The van der Waals surface area contributed by atoms with E-state index in [0.29, 0.717) is 32.7 Å². The van der Waals surface area contributed by atoms with E-state index in [-0.39, 0.29) is 24.5 Å². The molecular formula is C23H31N5O7. The van der Waals surface area contributed by atoms with Gasteiger partial charge >= 0.3 is 18.0 Å². The maximum atomic E-state index is 12.6. The Morgan fingerprint density at radius 1 is 1.14 bits per heavy atom. The summed E-state index contributed by atoms with van der Waals surface area (Å²) < 4.78 is 5.24. The lowest BCUT2D eigenvalue weighted by molar-refractivity contribution is -0.159. The Hall–Kier alpha value is -3.85. The molecule has 2 fully saturated rings. The van der Waals surface area contributed by atoms with Crippen LogP contribution < -0.4 is 10.1 Å². The fourth-order valence-corrected chi connectivity index (χ4v) is 3.85. The van der Waals surface area contributed by atoms with Crippen molar-refractivity contribution < 1.29 is 34.1 Å². The first-order chi connectivity index (χ1) is 16.8. The summed E-state index contributed by atoms with van der Waals surface area (Å²) in [6.07, 6.45) is 2.44. The van der Waals surface area contributed by atoms with Crippen molar-refractivity contribution in [1.82, 2.24) is 20.0 Å². The molecule has 0 unspecified atom stereocenters. The van der Waals surface area contributed by atoms with Crippen LogP contribution in [0.1, 0.15) is 18.4 Å². The van der Waals surface area contributed by atoms with Gasteiger partial charge in [0.1, 0.15) is 11.8 Å². The number of carboxylic acid groups (broad SMARTS) is 2. The molecule has 35 heavy (non-hydrogen) atoms. The molecule has 0 aromatic heterocycles. The molecule has 190 valence electrons. The molecule has 0 bridgehead atoms. The number of amides is 3. The van der Waals surface area contributed by atoms with Crippen molar-refractivity contribution in [3.05, 3.63) is 29.8 Å². The summed E-state index contributed by atoms with van der Waals surface area (Å²) in [5.41, 5.74) is 1.15. The van der Waals surface area contributed by atoms with Crippen LogP contribution in [0.25, 0.3) is 0 Å². The first kappa shape index (κ1) is 27.4. The number of carbonyl (C=O) groups excluding carboxylic acids is 2. The van der Waals surface area contributed by atoms with E-state index in [1.165, 1.54) is 0 Å². The average molecular weight is 490 g/mol. The van der Waals surface area contributed by atoms with Crippen molar-refractivity contribution in [2.24, 2.45) is 0 Å². The van der Waals surface area contributed by atoms with E-state index in [4.69, 9.17) is 29.8 Å². The van der Waals surface area contributed by atoms with Crippen LogP contribution in [0.3, 0.4) is 0 Å². The number of rotatable bonds is 9. The normalized spacial score (nSPS) is 17.0. The molecule has 1 aromatic rings. The lowest BCUT2D eigenvalue weighted by atomic mass is 10.1. The van der Waals surface area contributed by atoms with Gasteiger partial charge in [-0.25, -0.2) is 14.4 Å². The second-order valence-electron chi connectivity index (χ2n) is 8.02. The molecule has 2 heterocycles. The van der Waals surface area contributed by atoms with E-state index in [0.717, 1.165) is 37.1 Å². The predicted molar refractivity (Wildman–Crippen MR) is 124 cm³/mol. The minimum Gasteiger partial charge on any atom is -0.497 e. The second-order valence-corrected chi connectivity index (χ2v) is 8.02. The summed E-state index contributed by atoms with van der Waals surface area (Å²) in [5, 5.41) is 27.0. The first-order valence-electron chi connectivity index (χ1n) is 11.3. The number of ether oxygens (including phenoxy) is 1. The van der Waals surface area contributed by atoms with Gasteiger partial charge in [0.25, 0.3) is 0 Å². The number of benzene rings is 1. The zero-order chi connectivity index (χ0) is 25.8. The topological polar surface area (TPSA) is 164 Å². The number of hydrogen-bond donors (Lipinski definition) is 3. The van der Waals surface area contributed by atoms with Gasteiger partial charge in [-0.15, -0.1) is 0 Å². The smallest absolute Gasteiger partial charge is 0.414 e. The highest BCUT2D eigenvalue weighted by atomic mass is 16.5. The zero-order valence-corrected chi connectivity index (χ0v) is 19.7. The lowest BCUT2D eigenvalue weighted by Gasteiger charge is -2.21. The van der Waals surface area contributed by atoms with Gasteiger partial charge < -0.3 is 35.0 Å². The zero-order valence-electron chi connectivity index (χ0n) is 19.7. The van der Waals surface area contributed by atoms with Gasteiger partial charge in [0.05, 0.1) is 19.7 Å². The molecule has 0 saturated carbocycles. The summed E-state index contributed by atoms with van der Waals surface area (Å²) in [6.45, 7) is 4.11. The largest absolute Gasteiger partial charge is 0.497 e. The summed E-state index contributed by atoms with van der Waals surface area (Å²) in [5.74, 6) is -2.86. The average Bonchev–Trinajstić information content (AvgIpc) is 3.47. The molecule has 0 aliphatic carbocycles. The number of nitrogens with zero attached hydrogens (tertiary/aromatic N) is 4. The quantitative estimate of drug-likeness (QED) is 0.325. The van der Waals surface area contributed by atoms with Gasteiger partial charge in [0.2, 0.25) is 5.91 Å². The lowest BCUT2D eigenvalue weighted by Crippen LogP contribution is -2.43. The molecule has 2 saturated heterocycles. The van der Waals surface area contributed by atoms with Crippen molar-refractivity contribution in [2.45, 2.75) is 25.3 Å². The number of nitrogens with one attached hydrogen (secondary N) is 1. The number of methoxy groups -OCH3 is 1. The third-order valence-corrected chi connectivity index (χ3v) is 5.73. The standard InChI is InChI=1S/C21H29N5O3.C2H2O4/c1-29-19-6-2-4-17(14-19)7-10-24-12-13-25(21(24)28)11-8-23-16-20(27)26-9-3-5-18(26)15-22;3-1(4)2(5)6/h2,4,6,14,18,23H,3,5,7-13,16H2,1H3;(H,3,4)(H,5,6)/t18-;/m0./s1. The van der Waals surface area contributed by atoms with Gasteiger partial charge in [0.15, 0.2) is 0 Å². The summed E-state index contributed by atoms with van der Waals surface area (Å²) in [7, 11) is 1.65. The van der Waals surface area contributed by atoms with Crippen LogP contribution >= 0.6 is 0 Å². The third kappa shape index (κ3) is 8.46. The predicted octanol–water partition coefficient (Wildman–Crippen LogP) is 0.235. The monoisotopic (exact) mass is 489 g/mol. The molecular weight excluding hydrogens is 458 g/mol. The first-order valence-corrected chi connectivity index (χ1v) is 11.3. The van der Waals surface area contributed by atoms with Crippen LogP contribution in [0, 0.1) is 11.3 Å². The molecule has 0 spiro atoms. The molecule has 1 aromatic carbocycles. The minimum atomic E-state index is -1.82. The van der Waals surface area contributed by atoms with Gasteiger partial charge in [-0.2, -0.15) is 5.26 Å². The van der Waals surface area contributed by atoms with Crippen LogP contribution in [0.15, 0.2) is 24.3 Å². The van der Waals surface area contributed by atoms with E-state index in [2.05, 4.69) is 11.4 Å². The van der Waals surface area contributed by atoms with E-state index >= 15 is 0 Å². The van der Waals surface area contributed by atoms with Crippen LogP contribution in [0.5, 0.6) is 5.75 Å². The third-order valence-electron chi connectivity index (χ3n) is 5.73. The van der Waals surface area contributed by atoms with E-state index in [9.17, 15) is 9.59 Å². The van der Waals surface area contributed by atoms with Crippen molar-refractivity contribution in [3.63, 3.8) is 0 Å². The maximum Gasteiger partial charge on any atom is 0.414 e. The summed E-state index contributed by atoms with van der Waals surface area (Å²) >= 11 is 0. The van der Waals surface area contributed by atoms with Crippen LogP contribution in [-0.4, -0.2) is 108 Å². The number of likely N-dealkylation sites (tertiary alicyclic amines) is 1. The Balaban J connectivity index is 0.000000641. The number of urea groups is 1. The fraction of sp³-hybridized carbons (Fsp3) is 0.522. The van der Waals surface area contributed by atoms with Gasteiger partial charge in [0, 0.05) is 39.3 Å². The number of carboxylic acids is 2. The van der Waals surface area contributed by atoms with Gasteiger partial charge in [-0.1, -0.05) is 12.1 Å². The molecule has 0 radical (unpaired) electrons. The maximum absolute atomic E-state index is 12.6. The minimum absolute atomic E-state index is 0.0401. The van der Waals surface area contributed by atoms with Crippen molar-refractivity contribution >= 4 is 23.9 Å². The van der Waals surface area contributed by atoms with E-state index in [1.54, 1.807) is 12.0 Å². The van der Waals surface area contributed by atoms with Crippen LogP contribution in [0.4, 0.5) is 4.79 Å². The van der Waals surface area contributed by atoms with Crippen molar-refractivity contribution in [3.8, 4) is 11.8 Å². The van der Waals surface area contributed by atoms with E-state index < -0.39 is 11.9 Å². The number of hydrogen-bond acceptors (Lipinski definition) is 7. The number of carbonyl (C=O) groups is 4. The highest BCUT2D eigenvalue weighted by molar-refractivity contribution is 6.27. The molecule has 3 amide bonds. The molecule has 3 rings (SSSR count). The molecule has 2 aliphatic rings. The van der Waals surface area contributed by atoms with Gasteiger partial charge in [-0.05, 0) is 37.0 Å².